The summed E-state index contributed by atoms with van der Waals surface area (Å²) in [4.78, 5) is 21.3. The van der Waals surface area contributed by atoms with E-state index in [4.69, 9.17) is 10.5 Å². The number of nitrogens with two attached hydrogens (primary N) is 1. The minimum Gasteiger partial charge on any atom is -0.490 e. The highest BCUT2D eigenvalue weighted by Gasteiger charge is 2.20. The van der Waals surface area contributed by atoms with Gasteiger partial charge in [0.25, 0.3) is 0 Å². The first-order chi connectivity index (χ1) is 11.7. The largest absolute Gasteiger partial charge is 0.490 e. The molecule has 1 aromatic heterocycles. The number of carbonyl (C=O) groups is 1. The number of ether oxygens (including phenoxy) is 1. The Bertz CT molecular complexity index is 529. The summed E-state index contributed by atoms with van der Waals surface area (Å²) in [6, 6.07) is 4.06. The molecule has 2 heterocycles. The predicted molar refractivity (Wildman–Crippen MR) is 92.9 cm³/mol. The summed E-state index contributed by atoms with van der Waals surface area (Å²) in [7, 11) is 1.75. The van der Waals surface area contributed by atoms with Crippen LogP contribution in [0.3, 0.4) is 0 Å². The normalized spacial score (nSPS) is 16.6. The molecule has 0 aromatic carbocycles. The van der Waals surface area contributed by atoms with E-state index in [1.165, 1.54) is 0 Å². The van der Waals surface area contributed by atoms with E-state index in [0.717, 1.165) is 37.6 Å². The number of aliphatic imine (C=N–C) groups is 1. The zero-order chi connectivity index (χ0) is 17.2. The van der Waals surface area contributed by atoms with Crippen LogP contribution in [-0.2, 0) is 4.79 Å². The first-order valence-corrected chi connectivity index (χ1v) is 8.18. The van der Waals surface area contributed by atoms with Crippen molar-refractivity contribution >= 4 is 11.9 Å². The first-order valence-electron chi connectivity index (χ1n) is 8.18. The molecule has 1 aliphatic rings. The van der Waals surface area contributed by atoms with Gasteiger partial charge in [-0.3, -0.25) is 19.7 Å². The summed E-state index contributed by atoms with van der Waals surface area (Å²) in [6.07, 6.45) is 5.32. The van der Waals surface area contributed by atoms with Gasteiger partial charge in [0.2, 0.25) is 5.91 Å². The van der Waals surface area contributed by atoms with Gasteiger partial charge in [-0.2, -0.15) is 0 Å². The Morgan fingerprint density at radius 1 is 1.50 bits per heavy atom. The number of amides is 1. The molecule has 0 aliphatic carbocycles. The van der Waals surface area contributed by atoms with Crippen LogP contribution in [0, 0.1) is 0 Å². The summed E-state index contributed by atoms with van der Waals surface area (Å²) in [6.45, 7) is 3.24. The van der Waals surface area contributed by atoms with Crippen molar-refractivity contribution in [3.05, 3.63) is 24.5 Å². The van der Waals surface area contributed by atoms with Crippen LogP contribution in [0.4, 0.5) is 0 Å². The Morgan fingerprint density at radius 3 is 2.92 bits per heavy atom. The molecule has 132 valence electrons. The molecule has 0 atom stereocenters. The van der Waals surface area contributed by atoms with E-state index in [1.807, 2.05) is 12.1 Å². The molecular formula is C16H26N6O2. The molecule has 8 heteroatoms. The number of nitrogens with zero attached hydrogens (tertiary/aromatic N) is 3. The quantitative estimate of drug-likeness (QED) is 0.355. The highest BCUT2D eigenvalue weighted by Crippen LogP contribution is 2.09. The summed E-state index contributed by atoms with van der Waals surface area (Å²) in [5, 5.41) is 6.64. The lowest BCUT2D eigenvalue weighted by molar-refractivity contribution is -0.119. The van der Waals surface area contributed by atoms with Crippen molar-refractivity contribution in [2.45, 2.75) is 18.9 Å². The van der Waals surface area contributed by atoms with Gasteiger partial charge in [-0.25, -0.2) is 0 Å². The Labute approximate surface area is 142 Å². The maximum atomic E-state index is 10.9. The summed E-state index contributed by atoms with van der Waals surface area (Å²) >= 11 is 0. The smallest absolute Gasteiger partial charge is 0.231 e. The van der Waals surface area contributed by atoms with Crippen LogP contribution in [0.15, 0.2) is 29.5 Å². The van der Waals surface area contributed by atoms with Gasteiger partial charge >= 0.3 is 0 Å². The van der Waals surface area contributed by atoms with Gasteiger partial charge in [-0.1, -0.05) is 0 Å². The number of likely N-dealkylation sites (tertiary alicyclic amines) is 1. The second kappa shape index (κ2) is 9.71. The number of nitrogens with one attached hydrogen (secondary N) is 2. The minimum atomic E-state index is -0.271. The van der Waals surface area contributed by atoms with E-state index in [-0.39, 0.29) is 5.91 Å². The monoisotopic (exact) mass is 334 g/mol. The molecule has 1 aromatic rings. The molecule has 0 spiro atoms. The van der Waals surface area contributed by atoms with E-state index in [2.05, 4.69) is 25.5 Å². The third-order valence-electron chi connectivity index (χ3n) is 3.83. The van der Waals surface area contributed by atoms with E-state index in [0.29, 0.717) is 25.7 Å². The van der Waals surface area contributed by atoms with E-state index in [9.17, 15) is 4.79 Å². The zero-order valence-corrected chi connectivity index (χ0v) is 14.1. The second-order valence-electron chi connectivity index (χ2n) is 5.70. The number of aromatic nitrogens is 1. The number of pyridine rings is 1. The molecule has 0 saturated carbocycles. The summed E-state index contributed by atoms with van der Waals surface area (Å²) in [5.41, 5.74) is 5.23. The molecule has 1 amide bonds. The standard InChI is InChI=1S/C16H26N6O2/c1-18-16(20-7-10-24-14-3-2-6-19-11-14)21-13-4-8-22(9-5-13)12-15(17)23/h2-3,6,11,13H,4-5,7-10,12H2,1H3,(H2,17,23)(H2,18,20,21). The fourth-order valence-corrected chi connectivity index (χ4v) is 2.61. The third-order valence-corrected chi connectivity index (χ3v) is 3.83. The highest BCUT2D eigenvalue weighted by molar-refractivity contribution is 5.80. The van der Waals surface area contributed by atoms with Crippen LogP contribution in [-0.4, -0.2) is 67.6 Å². The summed E-state index contributed by atoms with van der Waals surface area (Å²) < 4.78 is 5.58. The fraction of sp³-hybridized carbons (Fsp3) is 0.562. The van der Waals surface area contributed by atoms with Gasteiger partial charge in [-0.15, -0.1) is 0 Å². The summed E-state index contributed by atoms with van der Waals surface area (Å²) in [5.74, 6) is 1.25. The number of hydrogen-bond acceptors (Lipinski definition) is 5. The lowest BCUT2D eigenvalue weighted by atomic mass is 10.1. The molecule has 24 heavy (non-hydrogen) atoms. The Morgan fingerprint density at radius 2 is 2.29 bits per heavy atom. The zero-order valence-electron chi connectivity index (χ0n) is 14.1. The number of piperidine rings is 1. The molecule has 0 bridgehead atoms. The Balaban J connectivity index is 1.63. The van der Waals surface area contributed by atoms with Crippen molar-refractivity contribution in [2.24, 2.45) is 10.7 Å². The van der Waals surface area contributed by atoms with E-state index >= 15 is 0 Å². The lowest BCUT2D eigenvalue weighted by Crippen LogP contribution is -2.50. The average Bonchev–Trinajstić information content (AvgIpc) is 2.59. The maximum absolute atomic E-state index is 10.9. The van der Waals surface area contributed by atoms with Gasteiger partial charge in [0, 0.05) is 32.4 Å². The van der Waals surface area contributed by atoms with Crippen molar-refractivity contribution in [1.29, 1.82) is 0 Å². The lowest BCUT2D eigenvalue weighted by Gasteiger charge is -2.32. The van der Waals surface area contributed by atoms with Crippen LogP contribution in [0.1, 0.15) is 12.8 Å². The van der Waals surface area contributed by atoms with Gasteiger partial charge in [0.15, 0.2) is 5.96 Å². The molecule has 1 fully saturated rings. The van der Waals surface area contributed by atoms with Crippen LogP contribution in [0.5, 0.6) is 5.75 Å². The topological polar surface area (TPSA) is 105 Å². The molecule has 0 radical (unpaired) electrons. The molecule has 8 nitrogen and oxygen atoms in total. The SMILES string of the molecule is CN=C(NCCOc1cccnc1)NC1CCN(CC(N)=O)CC1. The Hall–Kier alpha value is -2.35. The number of guanidine groups is 1. The second-order valence-corrected chi connectivity index (χ2v) is 5.70. The fourth-order valence-electron chi connectivity index (χ4n) is 2.61. The van der Waals surface area contributed by atoms with Crippen molar-refractivity contribution < 1.29 is 9.53 Å². The van der Waals surface area contributed by atoms with E-state index in [1.54, 1.807) is 19.4 Å². The maximum Gasteiger partial charge on any atom is 0.231 e. The van der Waals surface area contributed by atoms with Gasteiger partial charge in [0.05, 0.1) is 19.3 Å². The number of primary amides is 1. The van der Waals surface area contributed by atoms with Crippen LogP contribution < -0.4 is 21.1 Å². The molecule has 1 saturated heterocycles. The van der Waals surface area contributed by atoms with E-state index < -0.39 is 0 Å². The minimum absolute atomic E-state index is 0.271. The first kappa shape index (κ1) is 18.0. The highest BCUT2D eigenvalue weighted by atomic mass is 16.5. The Kier molecular flexibility index (Phi) is 7.28. The molecule has 1 aliphatic heterocycles. The van der Waals surface area contributed by atoms with Gasteiger partial charge in [0.1, 0.15) is 12.4 Å². The molecule has 0 unspecified atom stereocenters. The van der Waals surface area contributed by atoms with Crippen LogP contribution in [0.2, 0.25) is 0 Å². The van der Waals surface area contributed by atoms with Crippen molar-refractivity contribution in [1.82, 2.24) is 20.5 Å². The predicted octanol–water partition coefficient (Wildman–Crippen LogP) is -0.425. The van der Waals surface area contributed by atoms with Gasteiger partial charge in [-0.05, 0) is 25.0 Å². The molecular weight excluding hydrogens is 308 g/mol. The number of carbonyl (C=O) groups excluding carboxylic acids is 1. The number of rotatable bonds is 7. The number of hydrogen-bond donors (Lipinski definition) is 3. The van der Waals surface area contributed by atoms with Crippen LogP contribution in [0.25, 0.3) is 0 Å². The molecule has 2 rings (SSSR count). The molecule has 4 N–H and O–H groups in total. The van der Waals surface area contributed by atoms with Crippen molar-refractivity contribution in [3.63, 3.8) is 0 Å². The van der Waals surface area contributed by atoms with Gasteiger partial charge < -0.3 is 21.1 Å². The van der Waals surface area contributed by atoms with Crippen LogP contribution >= 0.6 is 0 Å². The van der Waals surface area contributed by atoms with Crippen molar-refractivity contribution in [2.75, 3.05) is 39.8 Å². The van der Waals surface area contributed by atoms with Crippen molar-refractivity contribution in [3.8, 4) is 5.75 Å². The average molecular weight is 334 g/mol. The third kappa shape index (κ3) is 6.41.